The Labute approximate surface area is 77.2 Å². The van der Waals surface area contributed by atoms with Gasteiger partial charge in [0.15, 0.2) is 0 Å². The normalized spacial score (nSPS) is 12.6. The number of oxime groups is 1. The molecule has 0 bridgehead atoms. The Kier molecular flexibility index (Phi) is 6.23. The van der Waals surface area contributed by atoms with E-state index < -0.39 is 0 Å². The predicted octanol–water partition coefficient (Wildman–Crippen LogP) is 1.51. The van der Waals surface area contributed by atoms with E-state index >= 15 is 0 Å². The zero-order chi connectivity index (χ0) is 10.1. The summed E-state index contributed by atoms with van der Waals surface area (Å²) < 4.78 is 4.65. The number of nitrogens with zero attached hydrogens (tertiary/aromatic N) is 1. The van der Waals surface area contributed by atoms with Crippen molar-refractivity contribution in [1.29, 1.82) is 0 Å². The molecule has 4 nitrogen and oxygen atoms in total. The van der Waals surface area contributed by atoms with Gasteiger partial charge in [-0.05, 0) is 18.6 Å². The van der Waals surface area contributed by atoms with E-state index in [0.717, 1.165) is 5.57 Å². The molecule has 0 radical (unpaired) electrons. The third kappa shape index (κ3) is 8.33. The molecule has 13 heavy (non-hydrogen) atoms. The van der Waals surface area contributed by atoms with Gasteiger partial charge in [0.25, 0.3) is 0 Å². The molecule has 0 amide bonds. The number of allylic oxidation sites excluding steroid dienone is 3. The Morgan fingerprint density at radius 3 is 2.77 bits per heavy atom. The van der Waals surface area contributed by atoms with Crippen molar-refractivity contribution >= 4 is 12.2 Å². The molecule has 0 rings (SSSR count). The minimum atomic E-state index is -0.303. The second kappa shape index (κ2) is 7.09. The van der Waals surface area contributed by atoms with Gasteiger partial charge in [-0.15, -0.1) is 0 Å². The number of esters is 1. The molecule has 0 spiro atoms. The molecule has 0 aliphatic carbocycles. The van der Waals surface area contributed by atoms with Crippen LogP contribution in [0.2, 0.25) is 0 Å². The average molecular weight is 183 g/mol. The number of carbonyl (C=O) groups excluding carboxylic acids is 1. The fraction of sp³-hybridized carbons (Fsp3) is 0.333. The van der Waals surface area contributed by atoms with Crippen LogP contribution < -0.4 is 0 Å². The van der Waals surface area contributed by atoms with Crippen molar-refractivity contribution in [1.82, 2.24) is 0 Å². The van der Waals surface area contributed by atoms with Crippen LogP contribution in [0.4, 0.5) is 0 Å². The fourth-order valence-electron chi connectivity index (χ4n) is 0.575. The van der Waals surface area contributed by atoms with E-state index in [0.29, 0.717) is 0 Å². The molecule has 0 aromatic heterocycles. The van der Waals surface area contributed by atoms with E-state index in [2.05, 4.69) is 9.89 Å². The van der Waals surface area contributed by atoms with Gasteiger partial charge < -0.3 is 9.94 Å². The van der Waals surface area contributed by atoms with Crippen LogP contribution in [0.1, 0.15) is 13.8 Å². The van der Waals surface area contributed by atoms with Gasteiger partial charge in [0, 0.05) is 6.92 Å². The molecule has 0 aromatic carbocycles. The average Bonchev–Trinajstić information content (AvgIpc) is 2.03. The molecule has 0 aromatic rings. The summed E-state index contributed by atoms with van der Waals surface area (Å²) in [6, 6.07) is 0. The van der Waals surface area contributed by atoms with Crippen LogP contribution in [-0.4, -0.2) is 24.0 Å². The van der Waals surface area contributed by atoms with Crippen molar-refractivity contribution in [3.63, 3.8) is 0 Å². The van der Waals surface area contributed by atoms with Crippen LogP contribution in [0, 0.1) is 0 Å². The number of hydrogen-bond donors (Lipinski definition) is 1. The maximum absolute atomic E-state index is 10.3. The van der Waals surface area contributed by atoms with Crippen molar-refractivity contribution in [2.24, 2.45) is 5.16 Å². The second-order valence-electron chi connectivity index (χ2n) is 2.39. The van der Waals surface area contributed by atoms with E-state index in [-0.39, 0.29) is 12.6 Å². The molecule has 0 unspecified atom stereocenters. The van der Waals surface area contributed by atoms with Crippen LogP contribution in [-0.2, 0) is 9.53 Å². The lowest BCUT2D eigenvalue weighted by atomic mass is 10.3. The van der Waals surface area contributed by atoms with Crippen LogP contribution in [0.25, 0.3) is 0 Å². The second-order valence-corrected chi connectivity index (χ2v) is 2.39. The standard InChI is InChI=1S/C9H13NO3/c1-8(7-10-12)5-3-4-6-13-9(2)11/h3-5,7,12H,6H2,1-2H3/b4-3+,8-5-,10-7?. The highest BCUT2D eigenvalue weighted by molar-refractivity contribution is 5.77. The summed E-state index contributed by atoms with van der Waals surface area (Å²) in [7, 11) is 0. The molecule has 1 N–H and O–H groups in total. The molecule has 0 heterocycles. The molecule has 0 aliphatic rings. The maximum atomic E-state index is 10.3. The van der Waals surface area contributed by atoms with Gasteiger partial charge in [-0.2, -0.15) is 0 Å². The van der Waals surface area contributed by atoms with Gasteiger partial charge in [0.05, 0.1) is 6.21 Å². The lowest BCUT2D eigenvalue weighted by Gasteiger charge is -1.93. The summed E-state index contributed by atoms with van der Waals surface area (Å²) in [5, 5.41) is 11.0. The van der Waals surface area contributed by atoms with Crippen molar-refractivity contribution in [3.05, 3.63) is 23.8 Å². The van der Waals surface area contributed by atoms with Crippen molar-refractivity contribution in [2.75, 3.05) is 6.61 Å². The summed E-state index contributed by atoms with van der Waals surface area (Å²) >= 11 is 0. The number of carbonyl (C=O) groups is 1. The molecule has 0 fully saturated rings. The van der Waals surface area contributed by atoms with Crippen LogP contribution in [0.15, 0.2) is 29.0 Å². The Morgan fingerprint density at radius 2 is 2.23 bits per heavy atom. The van der Waals surface area contributed by atoms with Crippen molar-refractivity contribution in [3.8, 4) is 0 Å². The molecule has 0 aliphatic heterocycles. The highest BCUT2D eigenvalue weighted by Gasteiger charge is 1.85. The lowest BCUT2D eigenvalue weighted by molar-refractivity contribution is -0.139. The molecule has 0 saturated heterocycles. The van der Waals surface area contributed by atoms with Gasteiger partial charge in [0.1, 0.15) is 6.61 Å². The Bertz CT molecular complexity index is 241. The van der Waals surface area contributed by atoms with Crippen LogP contribution in [0.3, 0.4) is 0 Å². The Balaban J connectivity index is 3.73. The third-order valence-corrected chi connectivity index (χ3v) is 1.14. The van der Waals surface area contributed by atoms with E-state index in [1.165, 1.54) is 13.1 Å². The SMILES string of the molecule is CC(=O)OC/C=C/C=C(/C)C=NO. The third-order valence-electron chi connectivity index (χ3n) is 1.14. The number of rotatable bonds is 4. The molecule has 4 heteroatoms. The van der Waals surface area contributed by atoms with Crippen molar-refractivity contribution < 1.29 is 14.7 Å². The molecule has 0 atom stereocenters. The van der Waals surface area contributed by atoms with Gasteiger partial charge >= 0.3 is 5.97 Å². The first-order chi connectivity index (χ1) is 6.16. The lowest BCUT2D eigenvalue weighted by Crippen LogP contribution is -1.97. The Hall–Kier alpha value is -1.58. The van der Waals surface area contributed by atoms with Gasteiger partial charge in [0.2, 0.25) is 0 Å². The summed E-state index contributed by atoms with van der Waals surface area (Å²) in [4.78, 5) is 10.3. The van der Waals surface area contributed by atoms with Gasteiger partial charge in [-0.1, -0.05) is 17.3 Å². The van der Waals surface area contributed by atoms with E-state index in [9.17, 15) is 4.79 Å². The predicted molar refractivity (Wildman–Crippen MR) is 49.8 cm³/mol. The molecular formula is C9H13NO3. The highest BCUT2D eigenvalue weighted by Crippen LogP contribution is 1.88. The molecule has 72 valence electrons. The topological polar surface area (TPSA) is 58.9 Å². The first-order valence-corrected chi connectivity index (χ1v) is 3.81. The van der Waals surface area contributed by atoms with E-state index in [4.69, 9.17) is 5.21 Å². The number of ether oxygens (including phenoxy) is 1. The Morgan fingerprint density at radius 1 is 1.54 bits per heavy atom. The minimum absolute atomic E-state index is 0.259. The summed E-state index contributed by atoms with van der Waals surface area (Å²) in [5.74, 6) is -0.303. The zero-order valence-electron chi connectivity index (χ0n) is 7.73. The zero-order valence-corrected chi connectivity index (χ0v) is 7.73. The number of hydrogen-bond acceptors (Lipinski definition) is 4. The van der Waals surface area contributed by atoms with Gasteiger partial charge in [-0.3, -0.25) is 4.79 Å². The maximum Gasteiger partial charge on any atom is 0.302 e. The van der Waals surface area contributed by atoms with Crippen LogP contribution >= 0.6 is 0 Å². The quantitative estimate of drug-likeness (QED) is 0.236. The fourth-order valence-corrected chi connectivity index (χ4v) is 0.575. The minimum Gasteiger partial charge on any atom is -0.462 e. The van der Waals surface area contributed by atoms with Gasteiger partial charge in [-0.25, -0.2) is 0 Å². The molecule has 0 saturated carbocycles. The first kappa shape index (κ1) is 11.4. The summed E-state index contributed by atoms with van der Waals surface area (Å²) in [6.07, 6.45) is 6.47. The van der Waals surface area contributed by atoms with E-state index in [1.54, 1.807) is 25.2 Å². The smallest absolute Gasteiger partial charge is 0.302 e. The summed E-state index contributed by atoms with van der Waals surface area (Å²) in [5.41, 5.74) is 0.807. The summed E-state index contributed by atoms with van der Waals surface area (Å²) in [6.45, 7) is 3.40. The highest BCUT2D eigenvalue weighted by atomic mass is 16.5. The molecular weight excluding hydrogens is 170 g/mol. The largest absolute Gasteiger partial charge is 0.462 e. The first-order valence-electron chi connectivity index (χ1n) is 3.81. The van der Waals surface area contributed by atoms with E-state index in [1.807, 2.05) is 0 Å². The monoisotopic (exact) mass is 183 g/mol. The van der Waals surface area contributed by atoms with Crippen molar-refractivity contribution in [2.45, 2.75) is 13.8 Å². The van der Waals surface area contributed by atoms with Crippen LogP contribution in [0.5, 0.6) is 0 Å².